The molecule has 0 aliphatic carbocycles. The number of piperidine rings is 1. The zero-order chi connectivity index (χ0) is 26.5. The van der Waals surface area contributed by atoms with Crippen LogP contribution in [-0.2, 0) is 6.54 Å². The van der Waals surface area contributed by atoms with E-state index in [1.807, 2.05) is 31.2 Å². The first-order chi connectivity index (χ1) is 18.5. The number of nitrogens with one attached hydrogen (secondary N) is 1. The predicted octanol–water partition coefficient (Wildman–Crippen LogP) is 3.96. The first-order valence-electron chi connectivity index (χ1n) is 13.1. The van der Waals surface area contributed by atoms with E-state index in [-0.39, 0.29) is 12.5 Å². The van der Waals surface area contributed by atoms with Crippen LogP contribution in [0.25, 0.3) is 22.5 Å². The zero-order valence-electron chi connectivity index (χ0n) is 21.9. The Morgan fingerprint density at radius 1 is 1.13 bits per heavy atom. The topological polar surface area (TPSA) is 102 Å². The number of hydrogen-bond acceptors (Lipinski definition) is 7. The third-order valence-electron chi connectivity index (χ3n) is 6.94. The van der Waals surface area contributed by atoms with Gasteiger partial charge in [-0.2, -0.15) is 0 Å². The minimum absolute atomic E-state index is 0.174. The quantitative estimate of drug-likeness (QED) is 0.360. The average molecular weight is 516 g/mol. The van der Waals surface area contributed by atoms with E-state index in [1.165, 1.54) is 4.57 Å². The number of likely N-dealkylation sites (tertiary alicyclic amines) is 1. The van der Waals surface area contributed by atoms with Crippen molar-refractivity contribution in [2.24, 2.45) is 5.92 Å². The molecule has 9 heteroatoms. The number of ether oxygens (including phenoxy) is 1. The second kappa shape index (κ2) is 11.6. The molecule has 4 aromatic rings. The highest BCUT2D eigenvalue weighted by Gasteiger charge is 2.17. The van der Waals surface area contributed by atoms with Gasteiger partial charge in [-0.1, -0.05) is 25.1 Å². The summed E-state index contributed by atoms with van der Waals surface area (Å²) >= 11 is 0. The lowest BCUT2D eigenvalue weighted by Gasteiger charge is -2.28. The van der Waals surface area contributed by atoms with Gasteiger partial charge in [0.05, 0.1) is 31.1 Å². The van der Waals surface area contributed by atoms with Crippen molar-refractivity contribution < 1.29 is 13.9 Å². The van der Waals surface area contributed by atoms with Gasteiger partial charge in [0.1, 0.15) is 0 Å². The van der Waals surface area contributed by atoms with Crippen molar-refractivity contribution in [2.45, 2.75) is 32.7 Å². The molecule has 1 fully saturated rings. The van der Waals surface area contributed by atoms with Crippen molar-refractivity contribution >= 4 is 17.0 Å². The Bertz CT molecular complexity index is 1450. The third kappa shape index (κ3) is 5.94. The number of fused-ring (bicyclic) bond motifs is 1. The molecule has 0 atom stereocenters. The van der Waals surface area contributed by atoms with Crippen LogP contribution < -0.4 is 15.8 Å². The molecule has 38 heavy (non-hydrogen) atoms. The maximum absolute atomic E-state index is 12.6. The second-order valence-electron chi connectivity index (χ2n) is 9.89. The molecule has 0 bridgehead atoms. The summed E-state index contributed by atoms with van der Waals surface area (Å²) in [5, 5.41) is 2.86. The van der Waals surface area contributed by atoms with Crippen molar-refractivity contribution in [1.29, 1.82) is 0 Å². The molecule has 0 unspecified atom stereocenters. The van der Waals surface area contributed by atoms with Crippen molar-refractivity contribution in [1.82, 2.24) is 24.8 Å². The zero-order valence-corrected chi connectivity index (χ0v) is 21.9. The number of amides is 1. The highest BCUT2D eigenvalue weighted by molar-refractivity contribution is 5.97. The molecule has 9 nitrogen and oxygen atoms in total. The van der Waals surface area contributed by atoms with E-state index in [9.17, 15) is 9.59 Å². The van der Waals surface area contributed by atoms with Gasteiger partial charge in [0, 0.05) is 17.7 Å². The monoisotopic (exact) mass is 515 g/mol. The highest BCUT2D eigenvalue weighted by atomic mass is 16.5. The molecular weight excluding hydrogens is 482 g/mol. The van der Waals surface area contributed by atoms with Gasteiger partial charge in [-0.3, -0.25) is 9.36 Å². The smallest absolute Gasteiger partial charge is 0.420 e. The summed E-state index contributed by atoms with van der Waals surface area (Å²) in [6.07, 6.45) is 6.56. The summed E-state index contributed by atoms with van der Waals surface area (Å²) in [6, 6.07) is 12.8. The van der Waals surface area contributed by atoms with Gasteiger partial charge >= 0.3 is 5.76 Å². The third-order valence-corrected chi connectivity index (χ3v) is 6.94. The fraction of sp³-hybridized carbons (Fsp3) is 0.379. The molecule has 0 saturated carbocycles. The van der Waals surface area contributed by atoms with Crippen LogP contribution in [0.4, 0.5) is 0 Å². The Kier molecular flexibility index (Phi) is 7.83. The summed E-state index contributed by atoms with van der Waals surface area (Å²) in [7, 11) is 2.15. The van der Waals surface area contributed by atoms with Gasteiger partial charge < -0.3 is 19.4 Å². The normalized spacial score (nSPS) is 14.6. The number of aromatic nitrogens is 3. The van der Waals surface area contributed by atoms with E-state index in [4.69, 9.17) is 9.15 Å². The summed E-state index contributed by atoms with van der Waals surface area (Å²) in [5.41, 5.74) is 3.23. The number of hydrogen-bond donors (Lipinski definition) is 1. The lowest BCUT2D eigenvalue weighted by Crippen LogP contribution is -2.32. The molecule has 2 aromatic carbocycles. The van der Waals surface area contributed by atoms with Crippen LogP contribution in [-0.4, -0.2) is 58.6 Å². The van der Waals surface area contributed by atoms with Gasteiger partial charge in [-0.15, -0.1) is 0 Å². The molecule has 198 valence electrons. The van der Waals surface area contributed by atoms with Crippen LogP contribution in [0.2, 0.25) is 0 Å². The van der Waals surface area contributed by atoms with Crippen LogP contribution in [0, 0.1) is 5.92 Å². The average Bonchev–Trinajstić information content (AvgIpc) is 3.25. The van der Waals surface area contributed by atoms with E-state index in [2.05, 4.69) is 27.2 Å². The number of nitrogens with zero attached hydrogens (tertiary/aromatic N) is 4. The van der Waals surface area contributed by atoms with E-state index < -0.39 is 5.76 Å². The lowest BCUT2D eigenvalue weighted by molar-refractivity contribution is 0.0953. The number of oxazole rings is 1. The van der Waals surface area contributed by atoms with Gasteiger partial charge in [0.25, 0.3) is 5.91 Å². The molecule has 1 saturated heterocycles. The van der Waals surface area contributed by atoms with Crippen LogP contribution in [0.15, 0.2) is 64.1 Å². The Balaban J connectivity index is 1.29. The maximum Gasteiger partial charge on any atom is 0.420 e. The van der Waals surface area contributed by atoms with Crippen LogP contribution in [0.5, 0.6) is 5.75 Å². The summed E-state index contributed by atoms with van der Waals surface area (Å²) in [4.78, 5) is 36.4. The molecule has 1 aliphatic heterocycles. The summed E-state index contributed by atoms with van der Waals surface area (Å²) in [6.45, 7) is 5.77. The van der Waals surface area contributed by atoms with Crippen molar-refractivity contribution in [3.05, 3.63) is 76.5 Å². The van der Waals surface area contributed by atoms with E-state index in [0.29, 0.717) is 47.3 Å². The lowest BCUT2D eigenvalue weighted by atomic mass is 9.98. The minimum atomic E-state index is -0.473. The Morgan fingerprint density at radius 2 is 1.92 bits per heavy atom. The molecule has 1 aliphatic rings. The standard InChI is InChI=1S/C29H33N5O4/c1-3-11-30-28(35)23-7-8-26-25(15-23)34(29(36)38-26)18-21-5-4-6-22(14-21)27-31-16-24(17-32-27)37-19-20-9-12-33(2)13-10-20/h4-8,14-17,20H,3,9-13,18-19H2,1-2H3,(H,30,35). The number of carbonyl (C=O) groups is 1. The van der Waals surface area contributed by atoms with E-state index in [0.717, 1.165) is 43.5 Å². The summed E-state index contributed by atoms with van der Waals surface area (Å²) < 4.78 is 12.9. The number of rotatable bonds is 9. The van der Waals surface area contributed by atoms with Gasteiger partial charge in [0.15, 0.2) is 17.2 Å². The molecule has 3 heterocycles. The second-order valence-corrected chi connectivity index (χ2v) is 9.89. The summed E-state index contributed by atoms with van der Waals surface area (Å²) in [5.74, 6) is 1.16. The SMILES string of the molecule is CCCNC(=O)c1ccc2oc(=O)n(Cc3cccc(-c4ncc(OCC5CCN(C)CC5)cn4)c3)c2c1. The Hall–Kier alpha value is -3.98. The van der Waals surface area contributed by atoms with E-state index in [1.54, 1.807) is 30.6 Å². The molecule has 0 spiro atoms. The molecule has 2 aromatic heterocycles. The molecule has 5 rings (SSSR count). The highest BCUT2D eigenvalue weighted by Crippen LogP contribution is 2.22. The first kappa shape index (κ1) is 25.7. The predicted molar refractivity (Wildman–Crippen MR) is 145 cm³/mol. The Morgan fingerprint density at radius 3 is 2.68 bits per heavy atom. The van der Waals surface area contributed by atoms with Crippen molar-refractivity contribution in [2.75, 3.05) is 33.3 Å². The van der Waals surface area contributed by atoms with Crippen LogP contribution in [0.3, 0.4) is 0 Å². The molecular formula is C29H33N5O4. The minimum Gasteiger partial charge on any atom is -0.490 e. The van der Waals surface area contributed by atoms with Crippen LogP contribution in [0.1, 0.15) is 42.1 Å². The molecule has 1 N–H and O–H groups in total. The van der Waals surface area contributed by atoms with Gasteiger partial charge in [-0.25, -0.2) is 14.8 Å². The maximum atomic E-state index is 12.6. The van der Waals surface area contributed by atoms with Gasteiger partial charge in [-0.05, 0) is 75.1 Å². The van der Waals surface area contributed by atoms with Crippen molar-refractivity contribution in [3.63, 3.8) is 0 Å². The van der Waals surface area contributed by atoms with Gasteiger partial charge in [0.2, 0.25) is 0 Å². The fourth-order valence-electron chi connectivity index (χ4n) is 4.67. The largest absolute Gasteiger partial charge is 0.490 e. The fourth-order valence-corrected chi connectivity index (χ4v) is 4.67. The Labute approximate surface area is 221 Å². The first-order valence-corrected chi connectivity index (χ1v) is 13.1. The molecule has 1 amide bonds. The number of carbonyl (C=O) groups excluding carboxylic acids is 1. The molecule has 0 radical (unpaired) electrons. The number of benzene rings is 2. The van der Waals surface area contributed by atoms with Crippen molar-refractivity contribution in [3.8, 4) is 17.1 Å². The van der Waals surface area contributed by atoms with E-state index >= 15 is 0 Å². The van der Waals surface area contributed by atoms with Crippen LogP contribution >= 0.6 is 0 Å².